The van der Waals surface area contributed by atoms with Gasteiger partial charge in [0.2, 0.25) is 0 Å². The van der Waals surface area contributed by atoms with E-state index in [4.69, 9.17) is 17.0 Å². The number of rotatable bonds is 8. The Bertz CT molecular complexity index is 1930. The fraction of sp³-hybridized carbons (Fsp3) is 0.423. The standard InChI is InChI=1S/2C25H31.C2H6Si.2ClH.Zr/c2*1-15(2)20-11-21(16(3)4)13-23(12-20)25-18(7)8-9-19-10-22(17(5)6)14-24(19)25;1-3-2;;;/h2*8-17H,1-7H3;1-2H3;2*1H;/q2*-1;;;;+4/p-2. The van der Waals surface area contributed by atoms with E-state index in [9.17, 15) is 0 Å². The fourth-order valence-electron chi connectivity index (χ4n) is 7.24. The van der Waals surface area contributed by atoms with Crippen LogP contribution in [0.15, 0.2) is 84.9 Å². The molecule has 0 heterocycles. The Morgan fingerprint density at radius 1 is 0.446 bits per heavy atom. The Balaban J connectivity index is 0.000000264. The Morgan fingerprint density at radius 2 is 0.714 bits per heavy atom. The van der Waals surface area contributed by atoms with Crippen molar-refractivity contribution >= 4 is 48.1 Å². The first kappa shape index (κ1) is 48.2. The van der Waals surface area contributed by atoms with Crippen LogP contribution in [0.4, 0.5) is 0 Å². The van der Waals surface area contributed by atoms with Crippen molar-refractivity contribution in [1.29, 1.82) is 0 Å². The van der Waals surface area contributed by atoms with Crippen molar-refractivity contribution in [1.82, 2.24) is 0 Å². The molecule has 0 fully saturated rings. The maximum absolute atomic E-state index is 4.93. The molecular weight excluding hydrogens is 815 g/mol. The van der Waals surface area contributed by atoms with Gasteiger partial charge in [-0.15, -0.1) is 69.1 Å². The van der Waals surface area contributed by atoms with Crippen molar-refractivity contribution < 1.29 is 20.8 Å². The number of aryl methyl sites for hydroxylation is 2. The van der Waals surface area contributed by atoms with Crippen molar-refractivity contribution in [2.24, 2.45) is 0 Å². The summed E-state index contributed by atoms with van der Waals surface area (Å²) in [6, 6.07) is 33.0. The summed E-state index contributed by atoms with van der Waals surface area (Å²) in [5.74, 6) is 3.30. The van der Waals surface area contributed by atoms with E-state index in [0.29, 0.717) is 35.5 Å². The predicted octanol–water partition coefficient (Wildman–Crippen LogP) is 18.0. The van der Waals surface area contributed by atoms with Gasteiger partial charge in [0.15, 0.2) is 0 Å². The summed E-state index contributed by atoms with van der Waals surface area (Å²) >= 11 is -0.826. The van der Waals surface area contributed by atoms with Crippen molar-refractivity contribution in [2.75, 3.05) is 0 Å². The first-order valence-electron chi connectivity index (χ1n) is 20.6. The molecule has 6 aromatic rings. The molecule has 0 nitrogen and oxygen atoms in total. The van der Waals surface area contributed by atoms with Crippen molar-refractivity contribution in [2.45, 2.75) is 146 Å². The zero-order chi connectivity index (χ0) is 42.0. The normalized spacial score (nSPS) is 11.3. The molecule has 0 N–H and O–H groups in total. The molecule has 0 aliphatic heterocycles. The van der Waals surface area contributed by atoms with Crippen LogP contribution < -0.4 is 0 Å². The third kappa shape index (κ3) is 12.4. The molecule has 0 saturated carbocycles. The zero-order valence-corrected chi connectivity index (χ0v) is 42.3. The van der Waals surface area contributed by atoms with Crippen LogP contribution in [0.2, 0.25) is 13.1 Å². The van der Waals surface area contributed by atoms with E-state index in [1.807, 2.05) is 0 Å². The molecule has 0 aliphatic carbocycles. The van der Waals surface area contributed by atoms with Gasteiger partial charge in [0.05, 0.1) is 0 Å². The van der Waals surface area contributed by atoms with E-state index in [1.165, 1.54) is 88.3 Å². The molecule has 2 radical (unpaired) electrons. The van der Waals surface area contributed by atoms with Gasteiger partial charge in [0.1, 0.15) is 0 Å². The molecule has 6 aromatic carbocycles. The number of hydrogen-bond acceptors (Lipinski definition) is 0. The summed E-state index contributed by atoms with van der Waals surface area (Å²) in [4.78, 5) is 0. The zero-order valence-electron chi connectivity index (χ0n) is 37.3. The maximum atomic E-state index is 4.93. The summed E-state index contributed by atoms with van der Waals surface area (Å²) in [5.41, 5.74) is 16.9. The molecule has 0 aliphatic rings. The fourth-order valence-corrected chi connectivity index (χ4v) is 7.24. The van der Waals surface area contributed by atoms with E-state index in [-0.39, 0.29) is 0 Å². The summed E-state index contributed by atoms with van der Waals surface area (Å²) in [7, 11) is 11.0. The van der Waals surface area contributed by atoms with Gasteiger partial charge in [-0.25, -0.2) is 0 Å². The van der Waals surface area contributed by atoms with Crippen LogP contribution in [0.1, 0.15) is 163 Å². The van der Waals surface area contributed by atoms with Crippen LogP contribution in [0, 0.1) is 13.8 Å². The number of benzene rings is 4. The minimum absolute atomic E-state index is 0.544. The minimum atomic E-state index is -0.826. The van der Waals surface area contributed by atoms with Gasteiger partial charge in [-0.3, -0.25) is 0 Å². The van der Waals surface area contributed by atoms with Crippen molar-refractivity contribution in [3.8, 4) is 22.3 Å². The third-order valence-corrected chi connectivity index (χ3v) is 10.8. The first-order valence-corrected chi connectivity index (χ1v) is 29.0. The van der Waals surface area contributed by atoms with Gasteiger partial charge in [0.25, 0.3) is 0 Å². The summed E-state index contributed by atoms with van der Waals surface area (Å²) in [5, 5.41) is 5.54. The molecule has 0 aromatic heterocycles. The van der Waals surface area contributed by atoms with Crippen LogP contribution in [0.25, 0.3) is 43.8 Å². The molecule has 6 rings (SSSR count). The molecule has 4 heteroatoms. The van der Waals surface area contributed by atoms with Crippen LogP contribution in [-0.2, 0) is 20.8 Å². The molecule has 0 bridgehead atoms. The summed E-state index contributed by atoms with van der Waals surface area (Å²) in [6.07, 6.45) is 0. The average molecular weight is 883 g/mol. The predicted molar refractivity (Wildman–Crippen MR) is 253 cm³/mol. The second kappa shape index (κ2) is 22.2. The Kier molecular flexibility index (Phi) is 19.1. The Labute approximate surface area is 363 Å². The van der Waals surface area contributed by atoms with Crippen molar-refractivity contribution in [3.63, 3.8) is 0 Å². The van der Waals surface area contributed by atoms with Crippen molar-refractivity contribution in [3.05, 3.63) is 129 Å². The second-order valence-corrected chi connectivity index (χ2v) is 22.1. The van der Waals surface area contributed by atoms with Crippen LogP contribution >= 0.6 is 17.0 Å². The number of hydrogen-bond donors (Lipinski definition) is 0. The SMILES string of the molecule is C[Si]C.Cc1ccc2[cH-]c(C(C)C)cc2c1-c1cc(C(C)C)cc(C(C)C)c1.Cc1ccc2[cH-]c(C(C)C)cc2c1-c1cc(C(C)C)cc(C(C)C)c1.[Cl][Zr+2][Cl]. The van der Waals surface area contributed by atoms with Gasteiger partial charge in [-0.1, -0.05) is 155 Å². The number of fused-ring (bicyclic) bond motifs is 2. The molecule has 298 valence electrons. The van der Waals surface area contributed by atoms with E-state index in [1.54, 1.807) is 0 Å². The first-order chi connectivity index (χ1) is 26.4. The second-order valence-electron chi connectivity index (χ2n) is 17.4. The Morgan fingerprint density at radius 3 is 0.946 bits per heavy atom. The van der Waals surface area contributed by atoms with E-state index < -0.39 is 20.8 Å². The molecule has 0 atom stereocenters. The molecule has 56 heavy (non-hydrogen) atoms. The molecule has 0 spiro atoms. The molecule has 0 amide bonds. The molecule has 0 unspecified atom stereocenters. The summed E-state index contributed by atoms with van der Waals surface area (Å²) < 4.78 is 0. The van der Waals surface area contributed by atoms with Gasteiger partial charge < -0.3 is 0 Å². The monoisotopic (exact) mass is 880 g/mol. The number of halogens is 2. The van der Waals surface area contributed by atoms with E-state index in [2.05, 4.69) is 195 Å². The summed E-state index contributed by atoms with van der Waals surface area (Å²) in [6.45, 7) is 36.2. The van der Waals surface area contributed by atoms with E-state index >= 15 is 0 Å². The van der Waals surface area contributed by atoms with Gasteiger partial charge in [-0.2, -0.15) is 12.1 Å². The van der Waals surface area contributed by atoms with E-state index in [0.717, 1.165) is 9.52 Å². The average Bonchev–Trinajstić information content (AvgIpc) is 3.77. The van der Waals surface area contributed by atoms with Gasteiger partial charge in [0, 0.05) is 9.52 Å². The molecular formula is C52H68Cl2SiZr. The quantitative estimate of drug-likeness (QED) is 0.106. The van der Waals surface area contributed by atoms with Crippen LogP contribution in [0.5, 0.6) is 0 Å². The molecule has 0 saturated heterocycles. The van der Waals surface area contributed by atoms with Gasteiger partial charge in [-0.05, 0) is 82.7 Å². The van der Waals surface area contributed by atoms with Crippen LogP contribution in [0.3, 0.4) is 0 Å². The van der Waals surface area contributed by atoms with Crippen LogP contribution in [-0.4, -0.2) is 9.52 Å². The van der Waals surface area contributed by atoms with Gasteiger partial charge >= 0.3 is 37.9 Å². The Hall–Kier alpha value is -2.22. The third-order valence-electron chi connectivity index (χ3n) is 10.8. The topological polar surface area (TPSA) is 0 Å².